The molecule has 1 amide bonds. The lowest BCUT2D eigenvalue weighted by Crippen LogP contribution is -2.41. The van der Waals surface area contributed by atoms with Gasteiger partial charge in [0.05, 0.1) is 0 Å². The molecule has 0 aliphatic heterocycles. The van der Waals surface area contributed by atoms with Crippen molar-refractivity contribution in [2.75, 3.05) is 5.75 Å². The van der Waals surface area contributed by atoms with E-state index in [0.29, 0.717) is 19.3 Å². The van der Waals surface area contributed by atoms with Gasteiger partial charge in [-0.15, -0.1) is 0 Å². The zero-order valence-electron chi connectivity index (χ0n) is 10.7. The van der Waals surface area contributed by atoms with Crippen molar-refractivity contribution in [1.82, 2.24) is 4.72 Å². The molecule has 1 unspecified atom stereocenters. The van der Waals surface area contributed by atoms with Crippen molar-refractivity contribution in [2.24, 2.45) is 5.92 Å². The number of carbonyl (C=O) groups excluding carboxylic acids is 1. The first-order valence-corrected chi connectivity index (χ1v) is 7.42. The quantitative estimate of drug-likeness (QED) is 0.812. The minimum atomic E-state index is -4.86. The Bertz CT molecular complexity index is 494. The summed E-state index contributed by atoms with van der Waals surface area (Å²) < 4.78 is 59.9. The van der Waals surface area contributed by atoms with Crippen LogP contribution in [0.5, 0.6) is 0 Å². The summed E-state index contributed by atoms with van der Waals surface area (Å²) in [5.41, 5.74) is 2.13. The Kier molecular flexibility index (Phi) is 4.65. The molecule has 0 fully saturated rings. The van der Waals surface area contributed by atoms with Gasteiger partial charge in [-0.2, -0.15) is 13.2 Å². The van der Waals surface area contributed by atoms with E-state index in [4.69, 9.17) is 0 Å². The largest absolute Gasteiger partial charge is 0.404 e. The van der Waals surface area contributed by atoms with E-state index in [2.05, 4.69) is 0 Å². The van der Waals surface area contributed by atoms with Crippen molar-refractivity contribution >= 4 is 15.9 Å². The van der Waals surface area contributed by atoms with Crippen LogP contribution in [0.3, 0.4) is 0 Å². The Hall–Kier alpha value is -1.05. The highest BCUT2D eigenvalue weighted by molar-refractivity contribution is 7.90. The third-order valence-electron chi connectivity index (χ3n) is 3.13. The lowest BCUT2D eigenvalue weighted by atomic mass is 9.85. The molecule has 0 bridgehead atoms. The highest BCUT2D eigenvalue weighted by Gasteiger charge is 2.37. The van der Waals surface area contributed by atoms with Gasteiger partial charge in [-0.3, -0.25) is 9.52 Å². The minimum absolute atomic E-state index is 0.388. The number of sulfonamides is 1. The first-order chi connectivity index (χ1) is 8.50. The zero-order chi connectivity index (χ0) is 14.8. The Morgan fingerprint density at radius 2 is 1.89 bits per heavy atom. The first-order valence-electron chi connectivity index (χ1n) is 5.76. The van der Waals surface area contributed by atoms with Crippen LogP contribution in [0, 0.1) is 5.92 Å². The van der Waals surface area contributed by atoms with Crippen molar-refractivity contribution in [2.45, 2.75) is 39.3 Å². The van der Waals surface area contributed by atoms with E-state index in [1.54, 1.807) is 0 Å². The summed E-state index contributed by atoms with van der Waals surface area (Å²) in [5, 5.41) is 0. The maximum atomic E-state index is 12.0. The monoisotopic (exact) mass is 299 g/mol. The van der Waals surface area contributed by atoms with Crippen molar-refractivity contribution in [3.8, 4) is 0 Å². The van der Waals surface area contributed by atoms with E-state index in [1.807, 2.05) is 13.8 Å². The van der Waals surface area contributed by atoms with Gasteiger partial charge in [0.25, 0.3) is 0 Å². The van der Waals surface area contributed by atoms with Gasteiger partial charge in [-0.05, 0) is 33.1 Å². The fourth-order valence-electron chi connectivity index (χ4n) is 1.96. The van der Waals surface area contributed by atoms with Crippen LogP contribution in [0.2, 0.25) is 0 Å². The van der Waals surface area contributed by atoms with Crippen molar-refractivity contribution < 1.29 is 26.4 Å². The molecule has 1 atom stereocenters. The normalized spacial score (nSPS) is 21.4. The van der Waals surface area contributed by atoms with Crippen LogP contribution < -0.4 is 4.72 Å². The molecule has 1 aliphatic carbocycles. The molecule has 1 aliphatic rings. The van der Waals surface area contributed by atoms with Gasteiger partial charge in [-0.25, -0.2) is 8.42 Å². The molecule has 8 heteroatoms. The molecular formula is C11H16F3NO3S. The van der Waals surface area contributed by atoms with Crippen LogP contribution in [0.25, 0.3) is 0 Å². The van der Waals surface area contributed by atoms with E-state index < -0.39 is 33.8 Å². The lowest BCUT2D eigenvalue weighted by molar-refractivity contribution is -0.123. The predicted molar refractivity (Wildman–Crippen MR) is 63.7 cm³/mol. The first kappa shape index (κ1) is 16.0. The van der Waals surface area contributed by atoms with E-state index >= 15 is 0 Å². The van der Waals surface area contributed by atoms with Gasteiger partial charge in [0.1, 0.15) is 0 Å². The van der Waals surface area contributed by atoms with Gasteiger partial charge < -0.3 is 0 Å². The second-order valence-corrected chi connectivity index (χ2v) is 6.56. The summed E-state index contributed by atoms with van der Waals surface area (Å²) in [6.07, 6.45) is -3.36. The van der Waals surface area contributed by atoms with Crippen LogP contribution in [0.1, 0.15) is 33.1 Å². The number of nitrogens with one attached hydrogen (secondary N) is 1. The van der Waals surface area contributed by atoms with E-state index in [0.717, 1.165) is 11.1 Å². The number of amides is 1. The van der Waals surface area contributed by atoms with Crippen LogP contribution >= 0.6 is 0 Å². The second kappa shape index (κ2) is 5.52. The van der Waals surface area contributed by atoms with Crippen molar-refractivity contribution in [3.05, 3.63) is 11.1 Å². The summed E-state index contributed by atoms with van der Waals surface area (Å²) in [6.45, 7) is 3.75. The summed E-state index contributed by atoms with van der Waals surface area (Å²) >= 11 is 0. The molecule has 0 aromatic heterocycles. The Morgan fingerprint density at radius 3 is 2.37 bits per heavy atom. The maximum Gasteiger partial charge on any atom is 0.404 e. The van der Waals surface area contributed by atoms with E-state index in [-0.39, 0.29) is 0 Å². The SMILES string of the molecule is CC1=C(C)CC(C(=O)NS(=O)(=O)CC(F)(F)F)CC1. The number of alkyl halides is 3. The molecule has 19 heavy (non-hydrogen) atoms. The summed E-state index contributed by atoms with van der Waals surface area (Å²) in [6, 6.07) is 0. The van der Waals surface area contributed by atoms with Gasteiger partial charge in [0.15, 0.2) is 5.75 Å². The third kappa shape index (κ3) is 5.22. The minimum Gasteiger partial charge on any atom is -0.274 e. The second-order valence-electron chi connectivity index (χ2n) is 4.84. The molecule has 110 valence electrons. The Balaban J connectivity index is 2.66. The van der Waals surface area contributed by atoms with Crippen LogP contribution in [0.15, 0.2) is 11.1 Å². The van der Waals surface area contributed by atoms with Crippen molar-refractivity contribution in [3.63, 3.8) is 0 Å². The molecule has 0 heterocycles. The standard InChI is InChI=1S/C11H16F3NO3S/c1-7-3-4-9(5-8(7)2)10(16)15-19(17,18)6-11(12,13)14/h9H,3-6H2,1-2H3,(H,15,16). The smallest absolute Gasteiger partial charge is 0.274 e. The maximum absolute atomic E-state index is 12.0. The number of hydrogen-bond donors (Lipinski definition) is 1. The number of rotatable bonds is 3. The van der Waals surface area contributed by atoms with Gasteiger partial charge in [0.2, 0.25) is 15.9 Å². The van der Waals surface area contributed by atoms with Gasteiger partial charge in [-0.1, -0.05) is 11.1 Å². The van der Waals surface area contributed by atoms with Crippen LogP contribution in [-0.4, -0.2) is 26.3 Å². The molecule has 0 aromatic rings. The van der Waals surface area contributed by atoms with Gasteiger partial charge in [0, 0.05) is 5.92 Å². The van der Waals surface area contributed by atoms with Crippen molar-refractivity contribution in [1.29, 1.82) is 0 Å². The summed E-state index contributed by atoms with van der Waals surface area (Å²) in [7, 11) is -4.66. The highest BCUT2D eigenvalue weighted by Crippen LogP contribution is 2.29. The topological polar surface area (TPSA) is 63.2 Å². The third-order valence-corrected chi connectivity index (χ3v) is 4.35. The number of hydrogen-bond acceptors (Lipinski definition) is 3. The molecule has 1 rings (SSSR count). The van der Waals surface area contributed by atoms with Crippen LogP contribution in [-0.2, 0) is 14.8 Å². The molecular weight excluding hydrogens is 283 g/mol. The fourth-order valence-corrected chi connectivity index (χ4v) is 2.94. The van der Waals surface area contributed by atoms with E-state index in [1.165, 1.54) is 4.72 Å². The molecule has 0 spiro atoms. The summed E-state index contributed by atoms with van der Waals surface area (Å²) in [4.78, 5) is 11.7. The molecule has 1 N–H and O–H groups in total. The van der Waals surface area contributed by atoms with Crippen LogP contribution in [0.4, 0.5) is 13.2 Å². The number of carbonyl (C=O) groups is 1. The molecule has 0 saturated carbocycles. The average Bonchev–Trinajstić information content (AvgIpc) is 2.17. The molecule has 0 saturated heterocycles. The van der Waals surface area contributed by atoms with E-state index in [9.17, 15) is 26.4 Å². The number of allylic oxidation sites excluding steroid dienone is 2. The molecule has 0 aromatic carbocycles. The highest BCUT2D eigenvalue weighted by atomic mass is 32.2. The number of halogens is 3. The molecule has 4 nitrogen and oxygen atoms in total. The summed E-state index contributed by atoms with van der Waals surface area (Å²) in [5.74, 6) is -3.46. The average molecular weight is 299 g/mol. The molecule has 0 radical (unpaired) electrons. The predicted octanol–water partition coefficient (Wildman–Crippen LogP) is 2.13. The fraction of sp³-hybridized carbons (Fsp3) is 0.727. The Morgan fingerprint density at radius 1 is 1.32 bits per heavy atom. The lowest BCUT2D eigenvalue weighted by Gasteiger charge is -2.23. The zero-order valence-corrected chi connectivity index (χ0v) is 11.5. The van der Waals surface area contributed by atoms with Gasteiger partial charge >= 0.3 is 6.18 Å². The Labute approximate surface area is 110 Å².